The van der Waals surface area contributed by atoms with E-state index in [4.69, 9.17) is 5.11 Å². The Bertz CT molecular complexity index is 506. The molecule has 16 heavy (non-hydrogen) atoms. The highest BCUT2D eigenvalue weighted by Gasteiger charge is 2.23. The van der Waals surface area contributed by atoms with Gasteiger partial charge in [0.05, 0.1) is 18.1 Å². The average molecular weight is 223 g/mol. The summed E-state index contributed by atoms with van der Waals surface area (Å²) < 4.78 is 0. The summed E-state index contributed by atoms with van der Waals surface area (Å²) >= 11 is 0. The van der Waals surface area contributed by atoms with Gasteiger partial charge in [-0.3, -0.25) is 5.10 Å². The van der Waals surface area contributed by atoms with E-state index in [0.29, 0.717) is 0 Å². The van der Waals surface area contributed by atoms with Crippen molar-refractivity contribution in [2.45, 2.75) is 0 Å². The Balaban J connectivity index is 2.59. The molecule has 0 amide bonds. The maximum atomic E-state index is 10.8. The van der Waals surface area contributed by atoms with Crippen LogP contribution in [0.25, 0.3) is 11.3 Å². The second kappa shape index (κ2) is 3.46. The predicted octanol–water partition coefficient (Wildman–Crippen LogP) is 0.406. The summed E-state index contributed by atoms with van der Waals surface area (Å²) in [6.45, 7) is 0. The highest BCUT2D eigenvalue weighted by Crippen LogP contribution is 2.28. The van der Waals surface area contributed by atoms with Crippen molar-refractivity contribution in [1.82, 2.24) is 20.4 Å². The summed E-state index contributed by atoms with van der Waals surface area (Å²) in [5.74, 6) is -1.61. The zero-order valence-corrected chi connectivity index (χ0v) is 7.67. The summed E-state index contributed by atoms with van der Waals surface area (Å²) in [5.41, 5.74) is -0.0441. The minimum Gasteiger partial charge on any atom is -0.478 e. The molecule has 0 fully saturated rings. The van der Waals surface area contributed by atoms with E-state index in [0.717, 1.165) is 12.4 Å². The fraction of sp³-hybridized carbons (Fsp3) is 0. The van der Waals surface area contributed by atoms with Crippen LogP contribution in [0.3, 0.4) is 0 Å². The Morgan fingerprint density at radius 2 is 2.06 bits per heavy atom. The molecule has 9 heteroatoms. The first-order valence-electron chi connectivity index (χ1n) is 4.06. The van der Waals surface area contributed by atoms with Crippen LogP contribution in [0.1, 0.15) is 10.4 Å². The number of carboxylic acid groups (broad SMARTS) is 1. The number of aromatic carboxylic acids is 1. The standard InChI is InChI=1S/C7H5N5O4/c13-7(14)4-2-8-10-5(4)3-1-9-11-6(3)12(15)16/h1-2H,(H,8,10)(H,9,11)(H,13,14). The number of H-pyrrole nitrogens is 2. The molecule has 9 nitrogen and oxygen atoms in total. The number of nitrogens with one attached hydrogen (secondary N) is 2. The monoisotopic (exact) mass is 223 g/mol. The van der Waals surface area contributed by atoms with E-state index >= 15 is 0 Å². The van der Waals surface area contributed by atoms with E-state index in [-0.39, 0.29) is 22.6 Å². The Morgan fingerprint density at radius 1 is 1.38 bits per heavy atom. The summed E-state index contributed by atoms with van der Waals surface area (Å²) in [4.78, 5) is 20.7. The second-order valence-corrected chi connectivity index (χ2v) is 2.85. The first kappa shape index (κ1) is 9.83. The highest BCUT2D eigenvalue weighted by molar-refractivity contribution is 5.95. The molecule has 2 aromatic rings. The third kappa shape index (κ3) is 1.39. The van der Waals surface area contributed by atoms with Crippen molar-refractivity contribution in [1.29, 1.82) is 0 Å². The van der Waals surface area contributed by atoms with Crippen LogP contribution in [0.2, 0.25) is 0 Å². The molecule has 0 aliphatic heterocycles. The lowest BCUT2D eigenvalue weighted by Crippen LogP contribution is -1.98. The molecule has 0 aliphatic rings. The predicted molar refractivity (Wildman–Crippen MR) is 49.8 cm³/mol. The fourth-order valence-corrected chi connectivity index (χ4v) is 1.26. The maximum Gasteiger partial charge on any atom is 0.352 e. The van der Waals surface area contributed by atoms with Crippen LogP contribution in [-0.4, -0.2) is 36.4 Å². The molecular formula is C7H5N5O4. The molecule has 2 heterocycles. The van der Waals surface area contributed by atoms with Gasteiger partial charge in [0.15, 0.2) is 0 Å². The number of aromatic amines is 2. The Morgan fingerprint density at radius 3 is 2.69 bits per heavy atom. The molecule has 82 valence electrons. The topological polar surface area (TPSA) is 138 Å². The second-order valence-electron chi connectivity index (χ2n) is 2.85. The normalized spacial score (nSPS) is 10.2. The molecule has 0 saturated heterocycles. The summed E-state index contributed by atoms with van der Waals surface area (Å²) in [6, 6.07) is 0. The van der Waals surface area contributed by atoms with Gasteiger partial charge in [-0.2, -0.15) is 5.10 Å². The van der Waals surface area contributed by atoms with Gasteiger partial charge in [0.25, 0.3) is 0 Å². The van der Waals surface area contributed by atoms with E-state index in [2.05, 4.69) is 20.4 Å². The number of carbonyl (C=O) groups is 1. The molecule has 0 radical (unpaired) electrons. The Hall–Kier alpha value is -2.71. The lowest BCUT2D eigenvalue weighted by atomic mass is 10.1. The molecular weight excluding hydrogens is 218 g/mol. The van der Waals surface area contributed by atoms with Gasteiger partial charge in [0.2, 0.25) is 0 Å². The number of hydrogen-bond donors (Lipinski definition) is 3. The quantitative estimate of drug-likeness (QED) is 0.508. The van der Waals surface area contributed by atoms with Crippen LogP contribution < -0.4 is 0 Å². The zero-order chi connectivity index (χ0) is 11.7. The van der Waals surface area contributed by atoms with E-state index in [1.54, 1.807) is 0 Å². The van der Waals surface area contributed by atoms with E-state index < -0.39 is 10.9 Å². The van der Waals surface area contributed by atoms with Crippen molar-refractivity contribution < 1.29 is 14.8 Å². The van der Waals surface area contributed by atoms with E-state index in [1.165, 1.54) is 0 Å². The number of aromatic nitrogens is 4. The van der Waals surface area contributed by atoms with Gasteiger partial charge in [-0.15, -0.1) is 5.10 Å². The third-order valence-electron chi connectivity index (χ3n) is 1.94. The molecule has 0 bridgehead atoms. The third-order valence-corrected chi connectivity index (χ3v) is 1.94. The van der Waals surface area contributed by atoms with Crippen LogP contribution in [0.4, 0.5) is 5.82 Å². The molecule has 0 atom stereocenters. The van der Waals surface area contributed by atoms with Crippen molar-refractivity contribution in [2.75, 3.05) is 0 Å². The van der Waals surface area contributed by atoms with Crippen molar-refractivity contribution in [2.24, 2.45) is 0 Å². The smallest absolute Gasteiger partial charge is 0.352 e. The zero-order valence-electron chi connectivity index (χ0n) is 7.67. The minimum absolute atomic E-state index is 0.0490. The molecule has 0 unspecified atom stereocenters. The van der Waals surface area contributed by atoms with Crippen LogP contribution in [0.5, 0.6) is 0 Å². The number of nitro groups is 1. The number of carboxylic acids is 1. The van der Waals surface area contributed by atoms with Crippen molar-refractivity contribution in [3.63, 3.8) is 0 Å². The lowest BCUT2D eigenvalue weighted by Gasteiger charge is -1.96. The molecule has 0 saturated carbocycles. The van der Waals surface area contributed by atoms with Gasteiger partial charge >= 0.3 is 11.8 Å². The number of rotatable bonds is 3. The number of nitrogens with zero attached hydrogens (tertiary/aromatic N) is 3. The van der Waals surface area contributed by atoms with Gasteiger partial charge < -0.3 is 15.2 Å². The largest absolute Gasteiger partial charge is 0.478 e. The van der Waals surface area contributed by atoms with Crippen LogP contribution in [0.15, 0.2) is 12.4 Å². The van der Waals surface area contributed by atoms with Crippen molar-refractivity contribution >= 4 is 11.8 Å². The molecule has 3 N–H and O–H groups in total. The first-order valence-corrected chi connectivity index (χ1v) is 4.06. The summed E-state index contributed by atoms with van der Waals surface area (Å²) in [7, 11) is 0. The first-order chi connectivity index (χ1) is 7.61. The molecule has 0 aliphatic carbocycles. The molecule has 0 aromatic carbocycles. The van der Waals surface area contributed by atoms with Crippen LogP contribution in [0, 0.1) is 10.1 Å². The Kier molecular flexibility index (Phi) is 2.12. The van der Waals surface area contributed by atoms with E-state index in [1.807, 2.05) is 0 Å². The van der Waals surface area contributed by atoms with Gasteiger partial charge in [-0.1, -0.05) is 5.10 Å². The highest BCUT2D eigenvalue weighted by atomic mass is 16.6. The summed E-state index contributed by atoms with van der Waals surface area (Å²) in [6.07, 6.45) is 2.24. The average Bonchev–Trinajstić information content (AvgIpc) is 2.85. The van der Waals surface area contributed by atoms with Crippen LogP contribution >= 0.6 is 0 Å². The molecule has 2 aromatic heterocycles. The van der Waals surface area contributed by atoms with Crippen LogP contribution in [-0.2, 0) is 0 Å². The Labute approximate surface area is 87.3 Å². The molecule has 2 rings (SSSR count). The minimum atomic E-state index is -1.22. The van der Waals surface area contributed by atoms with Crippen molar-refractivity contribution in [3.8, 4) is 11.3 Å². The van der Waals surface area contributed by atoms with Gasteiger partial charge in [-0.05, 0) is 4.92 Å². The van der Waals surface area contributed by atoms with Gasteiger partial charge in [0.1, 0.15) is 11.1 Å². The van der Waals surface area contributed by atoms with Gasteiger partial charge in [0, 0.05) is 0 Å². The van der Waals surface area contributed by atoms with Gasteiger partial charge in [-0.25, -0.2) is 4.79 Å². The fourth-order valence-electron chi connectivity index (χ4n) is 1.26. The van der Waals surface area contributed by atoms with Crippen molar-refractivity contribution in [3.05, 3.63) is 28.1 Å². The van der Waals surface area contributed by atoms with E-state index in [9.17, 15) is 14.9 Å². The lowest BCUT2D eigenvalue weighted by molar-refractivity contribution is -0.388. The maximum absolute atomic E-state index is 10.8. The number of hydrogen-bond acceptors (Lipinski definition) is 5. The SMILES string of the molecule is O=C(O)c1cn[nH]c1-c1cn[nH]c1[N+](=O)[O-]. The summed E-state index contributed by atoms with van der Waals surface area (Å²) in [5, 5.41) is 31.0. The molecule has 0 spiro atoms.